The molecule has 0 aliphatic carbocycles. The molecule has 0 bridgehead atoms. The van der Waals surface area contributed by atoms with Crippen molar-refractivity contribution >= 4 is 5.91 Å². The second-order valence-corrected chi connectivity index (χ2v) is 5.13. The maximum absolute atomic E-state index is 11.8. The molecular weight excluding hydrogens is 214 g/mol. The van der Waals surface area contributed by atoms with Crippen molar-refractivity contribution in [2.45, 2.75) is 25.7 Å². The molecule has 2 aliphatic rings. The minimum atomic E-state index is -0.184. The Morgan fingerprint density at radius 2 is 1.82 bits per heavy atom. The first-order chi connectivity index (χ1) is 8.17. The molecule has 2 rings (SSSR count). The summed E-state index contributed by atoms with van der Waals surface area (Å²) in [5, 5.41) is 12.1. The van der Waals surface area contributed by atoms with E-state index in [-0.39, 0.29) is 11.5 Å². The molecule has 1 spiro atoms. The molecule has 2 aliphatic heterocycles. The van der Waals surface area contributed by atoms with Gasteiger partial charge in [-0.25, -0.2) is 0 Å². The number of carbonyl (C=O) groups is 1. The first-order valence-electron chi connectivity index (χ1n) is 6.26. The molecule has 17 heavy (non-hydrogen) atoms. The van der Waals surface area contributed by atoms with Crippen molar-refractivity contribution in [3.8, 4) is 6.07 Å². The summed E-state index contributed by atoms with van der Waals surface area (Å²) >= 11 is 0. The van der Waals surface area contributed by atoms with E-state index in [1.54, 1.807) is 4.90 Å². The highest BCUT2D eigenvalue weighted by molar-refractivity contribution is 5.96. The van der Waals surface area contributed by atoms with E-state index in [0.717, 1.165) is 39.0 Å². The maximum Gasteiger partial charge on any atom is 0.263 e. The summed E-state index contributed by atoms with van der Waals surface area (Å²) in [4.78, 5) is 13.6. The topological polar surface area (TPSA) is 56.1 Å². The number of hydrogen-bond donors (Lipinski definition) is 1. The van der Waals surface area contributed by atoms with Crippen LogP contribution >= 0.6 is 0 Å². The van der Waals surface area contributed by atoms with E-state index < -0.39 is 0 Å². The summed E-state index contributed by atoms with van der Waals surface area (Å²) in [7, 11) is 0. The van der Waals surface area contributed by atoms with Gasteiger partial charge in [-0.1, -0.05) is 6.58 Å². The third kappa shape index (κ3) is 2.50. The molecule has 0 radical (unpaired) electrons. The van der Waals surface area contributed by atoms with Crippen molar-refractivity contribution in [3.05, 3.63) is 12.2 Å². The van der Waals surface area contributed by atoms with Gasteiger partial charge in [-0.15, -0.1) is 0 Å². The van der Waals surface area contributed by atoms with Crippen LogP contribution in [0.5, 0.6) is 0 Å². The summed E-state index contributed by atoms with van der Waals surface area (Å²) < 4.78 is 0. The molecule has 0 saturated carbocycles. The lowest BCUT2D eigenvalue weighted by Gasteiger charge is -2.44. The van der Waals surface area contributed by atoms with Crippen LogP contribution in [0.1, 0.15) is 25.7 Å². The molecule has 92 valence electrons. The lowest BCUT2D eigenvalue weighted by Crippen LogP contribution is -2.47. The minimum absolute atomic E-state index is 0.0614. The number of nitrogens with one attached hydrogen (secondary N) is 1. The van der Waals surface area contributed by atoms with Crippen LogP contribution in [-0.2, 0) is 4.79 Å². The molecule has 2 fully saturated rings. The Hall–Kier alpha value is -1.34. The van der Waals surface area contributed by atoms with E-state index >= 15 is 0 Å². The smallest absolute Gasteiger partial charge is 0.263 e. The summed E-state index contributed by atoms with van der Waals surface area (Å²) in [6.07, 6.45) is 4.57. The molecule has 0 atom stereocenters. The van der Waals surface area contributed by atoms with Gasteiger partial charge in [0.1, 0.15) is 11.6 Å². The third-order valence-electron chi connectivity index (χ3n) is 4.17. The van der Waals surface area contributed by atoms with Crippen molar-refractivity contribution in [2.24, 2.45) is 5.41 Å². The zero-order valence-corrected chi connectivity index (χ0v) is 10.2. The number of nitriles is 1. The van der Waals surface area contributed by atoms with Gasteiger partial charge in [0.2, 0.25) is 0 Å². The molecule has 4 heteroatoms. The standard InChI is InChI=1S/C13H19N3O/c1-11(10-14)12(17)16-8-4-13(5-9-16)2-6-15-7-3-13/h15H,1-9H2. The predicted octanol–water partition coefficient (Wildman–Crippen LogP) is 1.06. The highest BCUT2D eigenvalue weighted by Gasteiger charge is 2.36. The van der Waals surface area contributed by atoms with E-state index in [1.165, 1.54) is 12.8 Å². The van der Waals surface area contributed by atoms with Crippen molar-refractivity contribution in [1.29, 1.82) is 5.26 Å². The van der Waals surface area contributed by atoms with Gasteiger partial charge in [-0.2, -0.15) is 5.26 Å². The van der Waals surface area contributed by atoms with Gasteiger partial charge in [0.25, 0.3) is 5.91 Å². The van der Waals surface area contributed by atoms with Gasteiger partial charge in [0, 0.05) is 13.1 Å². The third-order valence-corrected chi connectivity index (χ3v) is 4.17. The molecule has 2 heterocycles. The molecule has 0 unspecified atom stereocenters. The van der Waals surface area contributed by atoms with Gasteiger partial charge in [0.15, 0.2) is 0 Å². The largest absolute Gasteiger partial charge is 0.338 e. The van der Waals surface area contributed by atoms with E-state index in [1.807, 2.05) is 6.07 Å². The Kier molecular flexibility index (Phi) is 3.49. The first kappa shape index (κ1) is 12.1. The quantitative estimate of drug-likeness (QED) is 0.544. The number of carbonyl (C=O) groups excluding carboxylic acids is 1. The highest BCUT2D eigenvalue weighted by Crippen LogP contribution is 2.39. The SMILES string of the molecule is C=C(C#N)C(=O)N1CCC2(CCNCC2)CC1. The Balaban J connectivity index is 1.92. The van der Waals surface area contributed by atoms with Crippen LogP contribution in [0.4, 0.5) is 0 Å². The van der Waals surface area contributed by atoms with Crippen LogP contribution in [0.2, 0.25) is 0 Å². The molecule has 1 amide bonds. The molecule has 4 nitrogen and oxygen atoms in total. The Morgan fingerprint density at radius 3 is 2.35 bits per heavy atom. The fourth-order valence-electron chi connectivity index (χ4n) is 2.88. The zero-order valence-electron chi connectivity index (χ0n) is 10.2. The summed E-state index contributed by atoms with van der Waals surface area (Å²) in [6.45, 7) is 7.24. The zero-order chi connectivity index (χ0) is 12.3. The predicted molar refractivity (Wildman–Crippen MR) is 65.1 cm³/mol. The summed E-state index contributed by atoms with van der Waals surface area (Å²) in [5.41, 5.74) is 0.502. The molecular formula is C13H19N3O. The molecule has 0 aromatic rings. The van der Waals surface area contributed by atoms with Crippen molar-refractivity contribution in [1.82, 2.24) is 10.2 Å². The molecule has 0 aromatic heterocycles. The molecule has 2 saturated heterocycles. The second kappa shape index (κ2) is 4.89. The summed E-state index contributed by atoms with van der Waals surface area (Å²) in [5.74, 6) is -0.184. The van der Waals surface area contributed by atoms with Gasteiger partial charge in [-0.05, 0) is 44.2 Å². The van der Waals surface area contributed by atoms with E-state index in [9.17, 15) is 4.79 Å². The average molecular weight is 233 g/mol. The monoisotopic (exact) mass is 233 g/mol. The highest BCUT2D eigenvalue weighted by atomic mass is 16.2. The normalized spacial score (nSPS) is 23.1. The van der Waals surface area contributed by atoms with E-state index in [2.05, 4.69) is 11.9 Å². The second-order valence-electron chi connectivity index (χ2n) is 5.13. The lowest BCUT2D eigenvalue weighted by molar-refractivity contribution is -0.129. The van der Waals surface area contributed by atoms with Gasteiger partial charge in [-0.3, -0.25) is 4.79 Å². The van der Waals surface area contributed by atoms with Crippen LogP contribution in [0.25, 0.3) is 0 Å². The number of rotatable bonds is 1. The minimum Gasteiger partial charge on any atom is -0.338 e. The number of likely N-dealkylation sites (tertiary alicyclic amines) is 1. The van der Waals surface area contributed by atoms with Crippen LogP contribution in [0, 0.1) is 16.7 Å². The molecule has 1 N–H and O–H groups in total. The van der Waals surface area contributed by atoms with E-state index in [0.29, 0.717) is 5.41 Å². The van der Waals surface area contributed by atoms with E-state index in [4.69, 9.17) is 5.26 Å². The number of amides is 1. The van der Waals surface area contributed by atoms with Crippen molar-refractivity contribution in [3.63, 3.8) is 0 Å². The Bertz CT molecular complexity index is 353. The maximum atomic E-state index is 11.8. The number of hydrogen-bond acceptors (Lipinski definition) is 3. The van der Waals surface area contributed by atoms with Gasteiger partial charge >= 0.3 is 0 Å². The summed E-state index contributed by atoms with van der Waals surface area (Å²) in [6, 6.07) is 1.84. The van der Waals surface area contributed by atoms with Gasteiger partial charge in [0.05, 0.1) is 0 Å². The first-order valence-corrected chi connectivity index (χ1v) is 6.26. The van der Waals surface area contributed by atoms with Crippen molar-refractivity contribution in [2.75, 3.05) is 26.2 Å². The Morgan fingerprint density at radius 1 is 1.24 bits per heavy atom. The van der Waals surface area contributed by atoms with Crippen LogP contribution < -0.4 is 5.32 Å². The average Bonchev–Trinajstić information content (AvgIpc) is 2.39. The number of nitrogens with zero attached hydrogens (tertiary/aromatic N) is 2. The van der Waals surface area contributed by atoms with Crippen LogP contribution in [0.15, 0.2) is 12.2 Å². The fraction of sp³-hybridized carbons (Fsp3) is 0.692. The fourth-order valence-corrected chi connectivity index (χ4v) is 2.88. The lowest BCUT2D eigenvalue weighted by atomic mass is 9.71. The Labute approximate surface area is 102 Å². The van der Waals surface area contributed by atoms with Crippen LogP contribution in [0.3, 0.4) is 0 Å². The molecule has 0 aromatic carbocycles. The van der Waals surface area contributed by atoms with Crippen molar-refractivity contribution < 1.29 is 4.79 Å². The van der Waals surface area contributed by atoms with Crippen LogP contribution in [-0.4, -0.2) is 37.0 Å². The van der Waals surface area contributed by atoms with Gasteiger partial charge < -0.3 is 10.2 Å². The number of piperidine rings is 2.